The van der Waals surface area contributed by atoms with Gasteiger partial charge in [-0.05, 0) is 31.5 Å². The molecule has 1 aromatic heterocycles. The Labute approximate surface area is 131 Å². The molecule has 0 aliphatic carbocycles. The summed E-state index contributed by atoms with van der Waals surface area (Å²) < 4.78 is 0. The van der Waals surface area contributed by atoms with E-state index in [1.165, 1.54) is 0 Å². The largest absolute Gasteiger partial charge is 0.344 e. The van der Waals surface area contributed by atoms with Gasteiger partial charge in [0.15, 0.2) is 0 Å². The van der Waals surface area contributed by atoms with Crippen LogP contribution in [0.4, 0.5) is 11.6 Å². The molecule has 22 heavy (non-hydrogen) atoms. The fraction of sp³-hybridized carbons (Fsp3) is 0.353. The average Bonchev–Trinajstić information content (AvgIpc) is 2.54. The first-order valence-electron chi connectivity index (χ1n) is 7.52. The Kier molecular flexibility index (Phi) is 5.47. The molecule has 116 valence electrons. The van der Waals surface area contributed by atoms with E-state index in [0.29, 0.717) is 11.6 Å². The number of rotatable bonds is 6. The average molecular weight is 298 g/mol. The smallest absolute Gasteiger partial charge is 0.274 e. The van der Waals surface area contributed by atoms with Crippen LogP contribution in [0.5, 0.6) is 0 Å². The Bertz CT molecular complexity index is 625. The van der Waals surface area contributed by atoms with E-state index in [-0.39, 0.29) is 5.91 Å². The van der Waals surface area contributed by atoms with Gasteiger partial charge < -0.3 is 10.2 Å². The van der Waals surface area contributed by atoms with E-state index in [1.807, 2.05) is 43.1 Å². The fourth-order valence-corrected chi connectivity index (χ4v) is 1.99. The second-order valence-electron chi connectivity index (χ2n) is 5.34. The standard InChI is InChI=1S/C17H22N4O/c1-4-5-12-21(3)17-18-11-10-15(20-17)16(22)19-14-8-6-13(2)7-9-14/h6-11H,4-5,12H2,1-3H3,(H,19,22). The minimum atomic E-state index is -0.226. The third-order valence-corrected chi connectivity index (χ3v) is 3.37. The summed E-state index contributed by atoms with van der Waals surface area (Å²) in [5.41, 5.74) is 2.28. The molecule has 0 bridgehead atoms. The zero-order valence-electron chi connectivity index (χ0n) is 13.3. The van der Waals surface area contributed by atoms with E-state index in [9.17, 15) is 4.79 Å². The Morgan fingerprint density at radius 1 is 1.23 bits per heavy atom. The van der Waals surface area contributed by atoms with E-state index in [2.05, 4.69) is 22.2 Å². The number of hydrogen-bond acceptors (Lipinski definition) is 4. The first-order valence-corrected chi connectivity index (χ1v) is 7.52. The fourth-order valence-electron chi connectivity index (χ4n) is 1.99. The van der Waals surface area contributed by atoms with Crippen LogP contribution in [0.15, 0.2) is 36.5 Å². The molecule has 0 unspecified atom stereocenters. The lowest BCUT2D eigenvalue weighted by Gasteiger charge is -2.16. The maximum atomic E-state index is 12.3. The van der Waals surface area contributed by atoms with Gasteiger partial charge in [0.05, 0.1) is 0 Å². The van der Waals surface area contributed by atoms with Gasteiger partial charge in [-0.15, -0.1) is 0 Å². The highest BCUT2D eigenvalue weighted by Crippen LogP contribution is 2.11. The number of benzene rings is 1. The summed E-state index contributed by atoms with van der Waals surface area (Å²) in [5, 5.41) is 2.85. The number of aromatic nitrogens is 2. The summed E-state index contributed by atoms with van der Waals surface area (Å²) in [7, 11) is 1.94. The molecule has 1 heterocycles. The van der Waals surface area contributed by atoms with Crippen molar-refractivity contribution in [3.05, 3.63) is 47.8 Å². The molecule has 0 saturated carbocycles. The molecule has 1 amide bonds. The van der Waals surface area contributed by atoms with Gasteiger partial charge in [0.25, 0.3) is 5.91 Å². The third kappa shape index (κ3) is 4.28. The van der Waals surface area contributed by atoms with E-state index < -0.39 is 0 Å². The summed E-state index contributed by atoms with van der Waals surface area (Å²) in [4.78, 5) is 22.8. The Morgan fingerprint density at radius 2 is 1.95 bits per heavy atom. The number of carbonyl (C=O) groups excluding carboxylic acids is 1. The molecule has 0 fully saturated rings. The van der Waals surface area contributed by atoms with Crippen LogP contribution in [0.3, 0.4) is 0 Å². The first-order chi connectivity index (χ1) is 10.6. The number of amides is 1. The Balaban J connectivity index is 2.08. The summed E-state index contributed by atoms with van der Waals surface area (Å²) in [6.45, 7) is 5.02. The predicted octanol–water partition coefficient (Wildman–Crippen LogP) is 3.27. The molecule has 0 spiro atoms. The number of hydrogen-bond donors (Lipinski definition) is 1. The van der Waals surface area contributed by atoms with Crippen molar-refractivity contribution in [1.82, 2.24) is 9.97 Å². The van der Waals surface area contributed by atoms with Crippen LogP contribution in [0.25, 0.3) is 0 Å². The molecule has 0 aliphatic rings. The predicted molar refractivity (Wildman–Crippen MR) is 89.3 cm³/mol. The molecule has 2 aromatic rings. The highest BCUT2D eigenvalue weighted by Gasteiger charge is 2.11. The van der Waals surface area contributed by atoms with Crippen molar-refractivity contribution in [2.45, 2.75) is 26.7 Å². The van der Waals surface area contributed by atoms with Gasteiger partial charge >= 0.3 is 0 Å². The molecular formula is C17H22N4O. The second kappa shape index (κ2) is 7.54. The molecular weight excluding hydrogens is 276 g/mol. The summed E-state index contributed by atoms with van der Waals surface area (Å²) >= 11 is 0. The molecule has 1 N–H and O–H groups in total. The molecule has 0 saturated heterocycles. The monoisotopic (exact) mass is 298 g/mol. The van der Waals surface area contributed by atoms with Crippen LogP contribution in [-0.4, -0.2) is 29.5 Å². The van der Waals surface area contributed by atoms with E-state index >= 15 is 0 Å². The molecule has 2 rings (SSSR count). The minimum Gasteiger partial charge on any atom is -0.344 e. The van der Waals surface area contributed by atoms with Crippen molar-refractivity contribution in [3.63, 3.8) is 0 Å². The van der Waals surface area contributed by atoms with Crippen molar-refractivity contribution in [2.75, 3.05) is 23.8 Å². The minimum absolute atomic E-state index is 0.226. The summed E-state index contributed by atoms with van der Waals surface area (Å²) in [5.74, 6) is 0.349. The lowest BCUT2D eigenvalue weighted by molar-refractivity contribution is 0.102. The summed E-state index contributed by atoms with van der Waals surface area (Å²) in [6, 6.07) is 9.30. The highest BCUT2D eigenvalue weighted by atomic mass is 16.1. The van der Waals surface area contributed by atoms with Crippen LogP contribution in [-0.2, 0) is 0 Å². The van der Waals surface area contributed by atoms with Crippen LogP contribution in [0.2, 0.25) is 0 Å². The lowest BCUT2D eigenvalue weighted by atomic mass is 10.2. The normalized spacial score (nSPS) is 10.3. The van der Waals surface area contributed by atoms with Gasteiger partial charge in [-0.1, -0.05) is 31.0 Å². The molecule has 5 nitrogen and oxygen atoms in total. The molecule has 5 heteroatoms. The van der Waals surface area contributed by atoms with Gasteiger partial charge in [-0.25, -0.2) is 9.97 Å². The van der Waals surface area contributed by atoms with Gasteiger partial charge in [-0.2, -0.15) is 0 Å². The number of nitrogens with one attached hydrogen (secondary N) is 1. The third-order valence-electron chi connectivity index (χ3n) is 3.37. The van der Waals surface area contributed by atoms with Gasteiger partial charge in [0.2, 0.25) is 5.95 Å². The highest BCUT2D eigenvalue weighted by molar-refractivity contribution is 6.02. The number of aryl methyl sites for hydroxylation is 1. The van der Waals surface area contributed by atoms with Crippen molar-refractivity contribution in [2.24, 2.45) is 0 Å². The quantitative estimate of drug-likeness (QED) is 0.889. The zero-order valence-corrected chi connectivity index (χ0v) is 13.3. The van der Waals surface area contributed by atoms with Crippen LogP contribution < -0.4 is 10.2 Å². The molecule has 1 aromatic carbocycles. The van der Waals surface area contributed by atoms with E-state index in [1.54, 1.807) is 12.3 Å². The van der Waals surface area contributed by atoms with Crippen molar-refractivity contribution < 1.29 is 4.79 Å². The maximum Gasteiger partial charge on any atom is 0.274 e. The van der Waals surface area contributed by atoms with Crippen LogP contribution >= 0.6 is 0 Å². The van der Waals surface area contributed by atoms with Crippen molar-refractivity contribution in [1.29, 1.82) is 0 Å². The first kappa shape index (κ1) is 15.9. The molecule has 0 aliphatic heterocycles. The SMILES string of the molecule is CCCCN(C)c1nccc(C(=O)Nc2ccc(C)cc2)n1. The van der Waals surface area contributed by atoms with Crippen molar-refractivity contribution >= 4 is 17.5 Å². The number of nitrogens with zero attached hydrogens (tertiary/aromatic N) is 3. The second-order valence-corrected chi connectivity index (χ2v) is 5.34. The summed E-state index contributed by atoms with van der Waals surface area (Å²) in [6.07, 6.45) is 3.80. The van der Waals surface area contributed by atoms with Gasteiger partial charge in [0.1, 0.15) is 5.69 Å². The Hall–Kier alpha value is -2.43. The molecule has 0 radical (unpaired) electrons. The Morgan fingerprint density at radius 3 is 2.64 bits per heavy atom. The zero-order chi connectivity index (χ0) is 15.9. The number of carbonyl (C=O) groups is 1. The topological polar surface area (TPSA) is 58.1 Å². The van der Waals surface area contributed by atoms with E-state index in [4.69, 9.17) is 0 Å². The van der Waals surface area contributed by atoms with Crippen LogP contribution in [0, 0.1) is 6.92 Å². The van der Waals surface area contributed by atoms with Gasteiger partial charge in [0, 0.05) is 25.5 Å². The maximum absolute atomic E-state index is 12.3. The van der Waals surface area contributed by atoms with Crippen molar-refractivity contribution in [3.8, 4) is 0 Å². The molecule has 0 atom stereocenters. The number of anilines is 2. The lowest BCUT2D eigenvalue weighted by Crippen LogP contribution is -2.22. The number of unbranched alkanes of at least 4 members (excludes halogenated alkanes) is 1. The van der Waals surface area contributed by atoms with Crippen LogP contribution in [0.1, 0.15) is 35.8 Å². The van der Waals surface area contributed by atoms with E-state index in [0.717, 1.165) is 30.6 Å². The van der Waals surface area contributed by atoms with Gasteiger partial charge in [-0.3, -0.25) is 4.79 Å².